The van der Waals surface area contributed by atoms with Gasteiger partial charge in [0.25, 0.3) is 0 Å². The average Bonchev–Trinajstić information content (AvgIpc) is 2.41. The second-order valence-corrected chi connectivity index (χ2v) is 6.20. The average molecular weight is 336 g/mol. The summed E-state index contributed by atoms with van der Waals surface area (Å²) in [5, 5.41) is 12.5. The van der Waals surface area contributed by atoms with E-state index >= 15 is 0 Å². The molecule has 1 fully saturated rings. The lowest BCUT2D eigenvalue weighted by atomic mass is 10.0. The number of hydrogen-bond acceptors (Lipinski definition) is 3. The van der Waals surface area contributed by atoms with Crippen LogP contribution in [-0.2, 0) is 4.79 Å². The summed E-state index contributed by atoms with van der Waals surface area (Å²) in [5.41, 5.74) is 1.23. The fourth-order valence-corrected chi connectivity index (χ4v) is 2.87. The number of benzene rings is 1. The van der Waals surface area contributed by atoms with Gasteiger partial charge in [-0.1, -0.05) is 29.8 Å². The monoisotopic (exact) mass is 335 g/mol. The molecule has 20 heavy (non-hydrogen) atoms. The number of carbonyl (C=O) groups is 1. The lowest BCUT2D eigenvalue weighted by Crippen LogP contribution is -2.52. The summed E-state index contributed by atoms with van der Waals surface area (Å²) in [7, 11) is 0. The molecule has 0 saturated carbocycles. The largest absolute Gasteiger partial charge is 0.310 e. The first kappa shape index (κ1) is 15.0. The first-order valence-electron chi connectivity index (χ1n) is 6.80. The van der Waals surface area contributed by atoms with Crippen LogP contribution in [0.3, 0.4) is 0 Å². The van der Waals surface area contributed by atoms with E-state index in [4.69, 9.17) is 0 Å². The Balaban J connectivity index is 2.28. The number of rotatable bonds is 3. The third kappa shape index (κ3) is 3.20. The lowest BCUT2D eigenvalue weighted by molar-refractivity contribution is -0.121. The van der Waals surface area contributed by atoms with Gasteiger partial charge >= 0.3 is 0 Å². The molecule has 0 bridgehead atoms. The molecule has 1 aliphatic rings. The van der Waals surface area contributed by atoms with Crippen LogP contribution in [0.5, 0.6) is 0 Å². The maximum Gasteiger partial charge on any atom is 0.244 e. The van der Waals surface area contributed by atoms with Crippen LogP contribution in [0.4, 0.5) is 5.69 Å². The molecule has 0 aliphatic carbocycles. The van der Waals surface area contributed by atoms with E-state index in [2.05, 4.69) is 27.3 Å². The van der Waals surface area contributed by atoms with Crippen molar-refractivity contribution in [1.82, 2.24) is 5.32 Å². The Hall–Kier alpha value is -1.38. The molecule has 0 radical (unpaired) electrons. The van der Waals surface area contributed by atoms with Crippen LogP contribution in [-0.4, -0.2) is 24.5 Å². The van der Waals surface area contributed by atoms with Crippen molar-refractivity contribution >= 4 is 27.5 Å². The second-order valence-electron chi connectivity index (χ2n) is 5.28. The van der Waals surface area contributed by atoms with E-state index in [1.54, 1.807) is 11.0 Å². The van der Waals surface area contributed by atoms with Crippen LogP contribution in [0.2, 0.25) is 0 Å². The van der Waals surface area contributed by atoms with Crippen LogP contribution in [0.1, 0.15) is 32.3 Å². The maximum absolute atomic E-state index is 12.6. The third-order valence-corrected chi connectivity index (χ3v) is 3.84. The zero-order valence-electron chi connectivity index (χ0n) is 11.7. The Kier molecular flexibility index (Phi) is 4.79. The van der Waals surface area contributed by atoms with Gasteiger partial charge in [0.1, 0.15) is 6.07 Å². The molecule has 0 spiro atoms. The number of anilines is 1. The number of nitrogens with zero attached hydrogens (tertiary/aromatic N) is 2. The van der Waals surface area contributed by atoms with E-state index in [1.165, 1.54) is 0 Å². The zero-order valence-corrected chi connectivity index (χ0v) is 13.3. The van der Waals surface area contributed by atoms with Crippen LogP contribution < -0.4 is 10.2 Å². The van der Waals surface area contributed by atoms with E-state index in [9.17, 15) is 10.1 Å². The fraction of sp³-hybridized carbons (Fsp3) is 0.467. The minimum atomic E-state index is -0.154. The third-order valence-electron chi connectivity index (χ3n) is 3.34. The van der Waals surface area contributed by atoms with Crippen molar-refractivity contribution in [3.8, 4) is 6.07 Å². The summed E-state index contributed by atoms with van der Waals surface area (Å²) in [6.07, 6.45) is 1.79. The number of amides is 1. The fourth-order valence-electron chi connectivity index (χ4n) is 2.50. The molecule has 106 valence electrons. The first-order valence-corrected chi connectivity index (χ1v) is 7.59. The zero-order chi connectivity index (χ0) is 14.7. The molecule has 1 unspecified atom stereocenters. The highest BCUT2D eigenvalue weighted by atomic mass is 79.9. The van der Waals surface area contributed by atoms with E-state index in [1.807, 2.05) is 26.0 Å². The highest BCUT2D eigenvalue weighted by Gasteiger charge is 2.30. The lowest BCUT2D eigenvalue weighted by Gasteiger charge is -2.34. The predicted octanol–water partition coefficient (Wildman–Crippen LogP) is 2.81. The summed E-state index contributed by atoms with van der Waals surface area (Å²) in [6, 6.07) is 7.73. The summed E-state index contributed by atoms with van der Waals surface area (Å²) in [5.74, 6) is 0.0590. The Labute approximate surface area is 127 Å². The van der Waals surface area contributed by atoms with E-state index < -0.39 is 0 Å². The van der Waals surface area contributed by atoms with Gasteiger partial charge in [-0.15, -0.1) is 0 Å². The van der Waals surface area contributed by atoms with Crippen LogP contribution >= 0.6 is 15.9 Å². The molecule has 1 aromatic carbocycles. The number of piperidine rings is 1. The molecule has 2 rings (SSSR count). The molecule has 4 nitrogen and oxygen atoms in total. The normalized spacial score (nSPS) is 19.2. The van der Waals surface area contributed by atoms with Crippen molar-refractivity contribution in [2.24, 2.45) is 0 Å². The smallest absolute Gasteiger partial charge is 0.244 e. The first-order chi connectivity index (χ1) is 9.52. The van der Waals surface area contributed by atoms with Crippen molar-refractivity contribution in [3.63, 3.8) is 0 Å². The Bertz CT molecular complexity index is 551. The van der Waals surface area contributed by atoms with Crippen LogP contribution in [0.25, 0.3) is 0 Å². The van der Waals surface area contributed by atoms with Gasteiger partial charge in [-0.3, -0.25) is 4.79 Å². The Morgan fingerprint density at radius 2 is 2.25 bits per heavy atom. The number of hydrogen-bond donors (Lipinski definition) is 1. The molecule has 1 N–H and O–H groups in total. The number of nitrogens with one attached hydrogen (secondary N) is 1. The molecular weight excluding hydrogens is 318 g/mol. The van der Waals surface area contributed by atoms with Crippen molar-refractivity contribution in [2.75, 3.05) is 11.4 Å². The Morgan fingerprint density at radius 3 is 2.90 bits per heavy atom. The highest BCUT2D eigenvalue weighted by molar-refractivity contribution is 9.10. The van der Waals surface area contributed by atoms with Gasteiger partial charge in [-0.05, 0) is 31.0 Å². The highest BCUT2D eigenvalue weighted by Crippen LogP contribution is 2.27. The molecule has 1 heterocycles. The van der Waals surface area contributed by atoms with Gasteiger partial charge in [-0.2, -0.15) is 5.26 Å². The van der Waals surface area contributed by atoms with E-state index in [0.29, 0.717) is 17.8 Å². The molecule has 1 aliphatic heterocycles. The quantitative estimate of drug-likeness (QED) is 0.923. The predicted molar refractivity (Wildman–Crippen MR) is 82.5 cm³/mol. The van der Waals surface area contributed by atoms with Gasteiger partial charge in [-0.25, -0.2) is 0 Å². The minimum Gasteiger partial charge on any atom is -0.310 e. The summed E-state index contributed by atoms with van der Waals surface area (Å²) in [6.45, 7) is 4.74. The topological polar surface area (TPSA) is 56.1 Å². The van der Waals surface area contributed by atoms with Crippen LogP contribution in [0.15, 0.2) is 22.7 Å². The summed E-state index contributed by atoms with van der Waals surface area (Å²) < 4.78 is 0.846. The second kappa shape index (κ2) is 6.38. The van der Waals surface area contributed by atoms with Crippen molar-refractivity contribution in [3.05, 3.63) is 28.2 Å². The SMILES string of the molecule is CC(C)NC1CCCN(c2ccc(Br)cc2C#N)C1=O. The standard InChI is InChI=1S/C15H18BrN3O/c1-10(2)18-13-4-3-7-19(15(13)20)14-6-5-12(16)8-11(14)9-17/h5-6,8,10,13,18H,3-4,7H2,1-2H3. The molecule has 1 amide bonds. The summed E-state index contributed by atoms with van der Waals surface area (Å²) in [4.78, 5) is 14.3. The van der Waals surface area contributed by atoms with Gasteiger partial charge in [0.05, 0.1) is 17.3 Å². The maximum atomic E-state index is 12.6. The number of carbonyl (C=O) groups excluding carboxylic acids is 1. The molecular formula is C15H18BrN3O. The van der Waals surface area contributed by atoms with Gasteiger partial charge < -0.3 is 10.2 Å². The van der Waals surface area contributed by atoms with Crippen molar-refractivity contribution < 1.29 is 4.79 Å². The van der Waals surface area contributed by atoms with Crippen LogP contribution in [0, 0.1) is 11.3 Å². The van der Waals surface area contributed by atoms with E-state index in [-0.39, 0.29) is 18.0 Å². The number of nitriles is 1. The van der Waals surface area contributed by atoms with Crippen molar-refractivity contribution in [2.45, 2.75) is 38.8 Å². The van der Waals surface area contributed by atoms with Gasteiger partial charge in [0.2, 0.25) is 5.91 Å². The van der Waals surface area contributed by atoms with Crippen molar-refractivity contribution in [1.29, 1.82) is 5.26 Å². The van der Waals surface area contributed by atoms with Gasteiger partial charge in [0, 0.05) is 17.1 Å². The molecule has 1 aromatic rings. The molecule has 0 aromatic heterocycles. The molecule has 1 atom stereocenters. The van der Waals surface area contributed by atoms with Gasteiger partial charge in [0.15, 0.2) is 0 Å². The summed E-state index contributed by atoms with van der Waals surface area (Å²) >= 11 is 3.35. The molecule has 1 saturated heterocycles. The number of halogens is 1. The Morgan fingerprint density at radius 1 is 1.50 bits per heavy atom. The minimum absolute atomic E-state index is 0.0590. The molecule has 5 heteroatoms. The van der Waals surface area contributed by atoms with E-state index in [0.717, 1.165) is 17.3 Å².